The van der Waals surface area contributed by atoms with Crippen LogP contribution < -0.4 is 5.56 Å². The van der Waals surface area contributed by atoms with Crippen LogP contribution in [0.2, 0.25) is 0 Å². The van der Waals surface area contributed by atoms with Crippen molar-refractivity contribution in [1.82, 2.24) is 9.55 Å². The van der Waals surface area contributed by atoms with Crippen LogP contribution in [0.3, 0.4) is 0 Å². The summed E-state index contributed by atoms with van der Waals surface area (Å²) in [5.74, 6) is 2.88. The predicted octanol–water partition coefficient (Wildman–Crippen LogP) is 4.15. The highest BCUT2D eigenvalue weighted by Gasteiger charge is 2.24. The van der Waals surface area contributed by atoms with Crippen molar-refractivity contribution in [2.45, 2.75) is 37.6 Å². The number of benzene rings is 1. The Kier molecular flexibility index (Phi) is 4.55. The van der Waals surface area contributed by atoms with Crippen LogP contribution in [0.1, 0.15) is 43.4 Å². The van der Waals surface area contributed by atoms with Crippen molar-refractivity contribution in [3.05, 3.63) is 40.4 Å². The van der Waals surface area contributed by atoms with E-state index in [-0.39, 0.29) is 17.0 Å². The zero-order chi connectivity index (χ0) is 14.8. The molecule has 1 fully saturated rings. The third-order valence-corrected chi connectivity index (χ3v) is 5.68. The summed E-state index contributed by atoms with van der Waals surface area (Å²) in [6, 6.07) is 7.77. The number of hydrogen-bond donors (Lipinski definition) is 0. The van der Waals surface area contributed by atoms with Gasteiger partial charge in [0.25, 0.3) is 5.56 Å². The number of thioether (sulfide) groups is 1. The third-order valence-electron chi connectivity index (χ3n) is 3.98. The van der Waals surface area contributed by atoms with Crippen molar-refractivity contribution in [1.29, 1.82) is 0 Å². The average Bonchev–Trinajstić information content (AvgIpc) is 2.55. The summed E-state index contributed by atoms with van der Waals surface area (Å²) in [7, 11) is 0. The van der Waals surface area contributed by atoms with Gasteiger partial charge in [0.05, 0.1) is 16.3 Å². The van der Waals surface area contributed by atoms with Gasteiger partial charge in [-0.05, 0) is 37.1 Å². The van der Waals surface area contributed by atoms with Crippen molar-refractivity contribution in [3.8, 4) is 0 Å². The van der Waals surface area contributed by atoms with Crippen molar-refractivity contribution in [2.75, 3.05) is 11.5 Å². The number of para-hydroxylation sites is 1. The lowest BCUT2D eigenvalue weighted by atomic mass is 10.1. The highest BCUT2D eigenvalue weighted by atomic mass is 35.5. The molecular formula is C16H19ClN2OS. The molecule has 0 aliphatic carbocycles. The van der Waals surface area contributed by atoms with Gasteiger partial charge in [-0.15, -0.1) is 11.6 Å². The smallest absolute Gasteiger partial charge is 0.261 e. The molecule has 0 spiro atoms. The number of halogens is 1. The molecule has 2 unspecified atom stereocenters. The predicted molar refractivity (Wildman–Crippen MR) is 90.5 cm³/mol. The fourth-order valence-corrected chi connectivity index (χ4v) is 4.13. The molecule has 112 valence electrons. The van der Waals surface area contributed by atoms with Crippen molar-refractivity contribution < 1.29 is 0 Å². The van der Waals surface area contributed by atoms with Crippen LogP contribution in [0.15, 0.2) is 29.1 Å². The lowest BCUT2D eigenvalue weighted by Crippen LogP contribution is -2.32. The molecule has 2 atom stereocenters. The van der Waals surface area contributed by atoms with Crippen LogP contribution in [0, 0.1) is 0 Å². The fourth-order valence-electron chi connectivity index (χ4n) is 2.85. The molecule has 0 radical (unpaired) electrons. The van der Waals surface area contributed by atoms with E-state index in [1.54, 1.807) is 0 Å². The lowest BCUT2D eigenvalue weighted by molar-refractivity contribution is 0.459. The largest absolute Gasteiger partial charge is 0.291 e. The first-order valence-corrected chi connectivity index (χ1v) is 9.04. The number of hydrogen-bond acceptors (Lipinski definition) is 3. The maximum Gasteiger partial charge on any atom is 0.261 e. The van der Waals surface area contributed by atoms with Crippen LogP contribution in [-0.4, -0.2) is 21.1 Å². The van der Waals surface area contributed by atoms with Gasteiger partial charge in [-0.25, -0.2) is 4.98 Å². The number of nitrogens with zero attached hydrogens (tertiary/aromatic N) is 2. The molecule has 0 amide bonds. The maximum absolute atomic E-state index is 12.9. The molecule has 5 heteroatoms. The minimum absolute atomic E-state index is 0.0576. The average molecular weight is 323 g/mol. The van der Waals surface area contributed by atoms with Gasteiger partial charge in [-0.1, -0.05) is 19.1 Å². The second-order valence-electron chi connectivity index (χ2n) is 5.41. The summed E-state index contributed by atoms with van der Waals surface area (Å²) in [5.41, 5.74) is 0.804. The molecule has 0 saturated carbocycles. The van der Waals surface area contributed by atoms with Gasteiger partial charge >= 0.3 is 0 Å². The molecule has 2 aromatic rings. The highest BCUT2D eigenvalue weighted by Crippen LogP contribution is 2.31. The Hall–Kier alpha value is -1.00. The van der Waals surface area contributed by atoms with Crippen LogP contribution in [0.25, 0.3) is 10.9 Å². The molecule has 21 heavy (non-hydrogen) atoms. The second-order valence-corrected chi connectivity index (χ2v) is 7.09. The number of fused-ring (bicyclic) bond motifs is 1. The molecule has 1 aromatic heterocycles. The molecule has 1 aliphatic rings. The monoisotopic (exact) mass is 322 g/mol. The molecule has 3 rings (SSSR count). The number of alkyl halides is 1. The zero-order valence-corrected chi connectivity index (χ0v) is 13.7. The van der Waals surface area contributed by atoms with Gasteiger partial charge in [-0.3, -0.25) is 9.36 Å². The third kappa shape index (κ3) is 2.84. The summed E-state index contributed by atoms with van der Waals surface area (Å²) in [6.07, 6.45) is 2.95. The summed E-state index contributed by atoms with van der Waals surface area (Å²) in [4.78, 5) is 17.6. The zero-order valence-electron chi connectivity index (χ0n) is 12.1. The molecule has 0 N–H and O–H groups in total. The summed E-state index contributed by atoms with van der Waals surface area (Å²) in [6.45, 7) is 2.03. The van der Waals surface area contributed by atoms with Gasteiger partial charge in [0.15, 0.2) is 0 Å². The van der Waals surface area contributed by atoms with Crippen LogP contribution >= 0.6 is 23.4 Å². The first-order chi connectivity index (χ1) is 10.2. The SMILES string of the molecule is CCC(Cl)c1nc2ccccc2c(=O)n1C1CCCSC1. The van der Waals surface area contributed by atoms with E-state index >= 15 is 0 Å². The van der Waals surface area contributed by atoms with Gasteiger partial charge in [-0.2, -0.15) is 11.8 Å². The maximum atomic E-state index is 12.9. The van der Waals surface area contributed by atoms with Crippen molar-refractivity contribution in [3.63, 3.8) is 0 Å². The minimum atomic E-state index is -0.214. The molecule has 1 saturated heterocycles. The normalized spacial score (nSPS) is 20.6. The Labute approximate surface area is 133 Å². The van der Waals surface area contributed by atoms with E-state index in [0.29, 0.717) is 5.39 Å². The Bertz CT molecular complexity index is 694. The second kappa shape index (κ2) is 6.41. The fraction of sp³-hybridized carbons (Fsp3) is 0.500. The molecule has 3 nitrogen and oxygen atoms in total. The van der Waals surface area contributed by atoms with E-state index in [9.17, 15) is 4.79 Å². The van der Waals surface area contributed by atoms with E-state index in [1.807, 2.05) is 47.5 Å². The standard InChI is InChI=1S/C16H19ClN2OS/c1-2-13(17)15-18-14-8-4-3-7-12(14)16(20)19(15)11-6-5-9-21-10-11/h3-4,7-8,11,13H,2,5-6,9-10H2,1H3. The van der Waals surface area contributed by atoms with E-state index in [0.717, 1.165) is 36.4 Å². The Morgan fingerprint density at radius 2 is 2.29 bits per heavy atom. The quantitative estimate of drug-likeness (QED) is 0.796. The van der Waals surface area contributed by atoms with Crippen molar-refractivity contribution >= 4 is 34.3 Å². The van der Waals surface area contributed by atoms with Gasteiger partial charge in [0.2, 0.25) is 0 Å². The Morgan fingerprint density at radius 3 is 3.00 bits per heavy atom. The molecule has 1 aromatic carbocycles. The van der Waals surface area contributed by atoms with Crippen molar-refractivity contribution in [2.24, 2.45) is 0 Å². The number of aromatic nitrogens is 2. The van der Waals surface area contributed by atoms with Crippen LogP contribution in [0.4, 0.5) is 0 Å². The topological polar surface area (TPSA) is 34.9 Å². The van der Waals surface area contributed by atoms with Crippen LogP contribution in [0.5, 0.6) is 0 Å². The van der Waals surface area contributed by atoms with E-state index in [1.165, 1.54) is 5.75 Å². The number of rotatable bonds is 3. The molecule has 1 aliphatic heterocycles. The van der Waals surface area contributed by atoms with E-state index in [2.05, 4.69) is 0 Å². The van der Waals surface area contributed by atoms with Gasteiger partial charge in [0, 0.05) is 11.8 Å². The van der Waals surface area contributed by atoms with Crippen LogP contribution in [-0.2, 0) is 0 Å². The Morgan fingerprint density at radius 1 is 1.48 bits per heavy atom. The van der Waals surface area contributed by atoms with Gasteiger partial charge < -0.3 is 0 Å². The molecule has 0 bridgehead atoms. The first-order valence-electron chi connectivity index (χ1n) is 7.45. The summed E-state index contributed by atoms with van der Waals surface area (Å²) in [5, 5.41) is 0.478. The molecule has 2 heterocycles. The Balaban J connectivity index is 2.22. The molecular weight excluding hydrogens is 304 g/mol. The lowest BCUT2D eigenvalue weighted by Gasteiger charge is -2.27. The van der Waals surface area contributed by atoms with E-state index < -0.39 is 0 Å². The highest BCUT2D eigenvalue weighted by molar-refractivity contribution is 7.99. The van der Waals surface area contributed by atoms with Gasteiger partial charge in [0.1, 0.15) is 5.82 Å². The summed E-state index contributed by atoms with van der Waals surface area (Å²) < 4.78 is 1.87. The summed E-state index contributed by atoms with van der Waals surface area (Å²) >= 11 is 8.37. The minimum Gasteiger partial charge on any atom is -0.291 e. The van der Waals surface area contributed by atoms with E-state index in [4.69, 9.17) is 16.6 Å². The first kappa shape index (κ1) is 14.9.